The van der Waals surface area contributed by atoms with Crippen LogP contribution >= 0.6 is 0 Å². The van der Waals surface area contributed by atoms with Gasteiger partial charge in [0, 0.05) is 12.7 Å². The van der Waals surface area contributed by atoms with Crippen LogP contribution in [0.3, 0.4) is 0 Å². The number of methoxy groups -OCH3 is 1. The Hall–Kier alpha value is -2.10. The van der Waals surface area contributed by atoms with Crippen molar-refractivity contribution in [3.8, 4) is 11.8 Å². The van der Waals surface area contributed by atoms with Gasteiger partial charge in [-0.05, 0) is 32.0 Å². The largest absolute Gasteiger partial charge is 0.485 e. The van der Waals surface area contributed by atoms with Crippen LogP contribution in [0.5, 0.6) is 5.75 Å². The maximum Gasteiger partial charge on any atom is 0.246 e. The number of carbonyl (C=O) groups excluding carboxylic acids is 1. The van der Waals surface area contributed by atoms with Gasteiger partial charge in [-0.15, -0.1) is 0 Å². The smallest absolute Gasteiger partial charge is 0.246 e. The van der Waals surface area contributed by atoms with Gasteiger partial charge in [0.05, 0.1) is 17.7 Å². The maximum absolute atomic E-state index is 11.8. The molecule has 1 aromatic rings. The van der Waals surface area contributed by atoms with E-state index in [4.69, 9.17) is 14.7 Å². The summed E-state index contributed by atoms with van der Waals surface area (Å²) in [5.41, 5.74) is 0.173. The van der Waals surface area contributed by atoms with Gasteiger partial charge >= 0.3 is 0 Å². The highest BCUT2D eigenvalue weighted by Crippen LogP contribution is 2.40. The van der Waals surface area contributed by atoms with Crippen LogP contribution in [0, 0.1) is 11.3 Å². The van der Waals surface area contributed by atoms with Gasteiger partial charge in [-0.1, -0.05) is 0 Å². The number of ether oxygens (including phenoxy) is 2. The van der Waals surface area contributed by atoms with Crippen molar-refractivity contribution >= 4 is 5.91 Å². The van der Waals surface area contributed by atoms with E-state index in [9.17, 15) is 9.90 Å². The lowest BCUT2D eigenvalue weighted by atomic mass is 9.86. The summed E-state index contributed by atoms with van der Waals surface area (Å²) >= 11 is 0. The second-order valence-corrected chi connectivity index (χ2v) is 5.49. The Morgan fingerprint density at radius 1 is 1.57 bits per heavy atom. The summed E-state index contributed by atoms with van der Waals surface area (Å²) in [5.74, 6) is 0.208. The van der Waals surface area contributed by atoms with Crippen LogP contribution in [0.4, 0.5) is 0 Å². The SMILES string of the molecule is COCC(=O)N[C@@H]1c2cc(C#N)ccc2OC(C)(C)[C@H]1O. The summed E-state index contributed by atoms with van der Waals surface area (Å²) in [6.07, 6.45) is -0.945. The summed E-state index contributed by atoms with van der Waals surface area (Å²) in [6.45, 7) is 3.39. The molecule has 1 heterocycles. The fraction of sp³-hybridized carbons (Fsp3) is 0.467. The molecule has 0 saturated carbocycles. The third-order valence-electron chi connectivity index (χ3n) is 3.47. The van der Waals surface area contributed by atoms with Crippen molar-refractivity contribution in [2.45, 2.75) is 31.6 Å². The highest BCUT2D eigenvalue weighted by Gasteiger charge is 2.43. The molecule has 21 heavy (non-hydrogen) atoms. The van der Waals surface area contributed by atoms with Crippen LogP contribution in [0.25, 0.3) is 0 Å². The molecular weight excluding hydrogens is 272 g/mol. The average molecular weight is 290 g/mol. The van der Waals surface area contributed by atoms with E-state index in [1.165, 1.54) is 7.11 Å². The van der Waals surface area contributed by atoms with E-state index in [2.05, 4.69) is 5.32 Å². The molecule has 112 valence electrons. The van der Waals surface area contributed by atoms with E-state index in [-0.39, 0.29) is 12.5 Å². The first-order valence-corrected chi connectivity index (χ1v) is 6.58. The highest BCUT2D eigenvalue weighted by molar-refractivity contribution is 5.78. The Morgan fingerprint density at radius 2 is 2.29 bits per heavy atom. The van der Waals surface area contributed by atoms with Gasteiger partial charge in [-0.25, -0.2) is 0 Å². The zero-order valence-corrected chi connectivity index (χ0v) is 12.2. The third kappa shape index (κ3) is 2.99. The number of aliphatic hydroxyl groups excluding tert-OH is 1. The average Bonchev–Trinajstić information content (AvgIpc) is 2.43. The van der Waals surface area contributed by atoms with E-state index in [1.54, 1.807) is 32.0 Å². The summed E-state index contributed by atoms with van der Waals surface area (Å²) in [6, 6.07) is 6.32. The fourth-order valence-electron chi connectivity index (χ4n) is 2.37. The minimum atomic E-state index is -0.945. The highest BCUT2D eigenvalue weighted by atomic mass is 16.5. The Balaban J connectivity index is 2.42. The first-order chi connectivity index (χ1) is 9.89. The molecule has 2 atom stereocenters. The van der Waals surface area contributed by atoms with Gasteiger partial charge in [0.2, 0.25) is 5.91 Å². The van der Waals surface area contributed by atoms with Gasteiger partial charge in [0.15, 0.2) is 0 Å². The minimum absolute atomic E-state index is 0.0994. The molecule has 1 aromatic carbocycles. The van der Waals surface area contributed by atoms with Crippen molar-refractivity contribution in [3.63, 3.8) is 0 Å². The molecule has 0 aromatic heterocycles. The molecule has 1 amide bonds. The van der Waals surface area contributed by atoms with E-state index >= 15 is 0 Å². The lowest BCUT2D eigenvalue weighted by Gasteiger charge is -2.42. The summed E-state index contributed by atoms with van der Waals surface area (Å²) in [4.78, 5) is 11.8. The molecule has 0 unspecified atom stereocenters. The molecular formula is C15H18N2O4. The van der Waals surface area contributed by atoms with Crippen LogP contribution in [-0.2, 0) is 9.53 Å². The van der Waals surface area contributed by atoms with Crippen molar-refractivity contribution in [2.75, 3.05) is 13.7 Å². The van der Waals surface area contributed by atoms with Gasteiger partial charge < -0.3 is 19.9 Å². The summed E-state index contributed by atoms with van der Waals surface area (Å²) < 4.78 is 10.5. The lowest BCUT2D eigenvalue weighted by molar-refractivity contribution is -0.129. The van der Waals surface area contributed by atoms with E-state index in [0.717, 1.165) is 0 Å². The van der Waals surface area contributed by atoms with Crippen molar-refractivity contribution in [1.82, 2.24) is 5.32 Å². The molecule has 6 nitrogen and oxygen atoms in total. The second-order valence-electron chi connectivity index (χ2n) is 5.49. The van der Waals surface area contributed by atoms with Crippen molar-refractivity contribution in [3.05, 3.63) is 29.3 Å². The fourth-order valence-corrected chi connectivity index (χ4v) is 2.37. The first-order valence-electron chi connectivity index (χ1n) is 6.58. The molecule has 1 aliphatic rings. The molecule has 0 bridgehead atoms. The van der Waals surface area contributed by atoms with Crippen LogP contribution in [0.2, 0.25) is 0 Å². The Kier molecular flexibility index (Phi) is 4.16. The van der Waals surface area contributed by atoms with Crippen LogP contribution in [-0.4, -0.2) is 36.4 Å². The van der Waals surface area contributed by atoms with E-state index in [1.807, 2.05) is 6.07 Å². The van der Waals surface area contributed by atoms with Crippen molar-refractivity contribution in [1.29, 1.82) is 5.26 Å². The molecule has 6 heteroatoms. The van der Waals surface area contributed by atoms with Crippen molar-refractivity contribution < 1.29 is 19.4 Å². The number of hydrogen-bond acceptors (Lipinski definition) is 5. The first kappa shape index (κ1) is 15.3. The standard InChI is InChI=1S/C15H18N2O4/c1-15(2)14(19)13(17-12(18)8-20-3)10-6-9(7-16)4-5-11(10)21-15/h4-6,13-14,19H,8H2,1-3H3,(H,17,18)/t13-,14+/m1/s1. The molecule has 1 aliphatic heterocycles. The zero-order valence-electron chi connectivity index (χ0n) is 12.2. The van der Waals surface area contributed by atoms with E-state index < -0.39 is 17.7 Å². The van der Waals surface area contributed by atoms with Gasteiger partial charge in [0.1, 0.15) is 24.1 Å². The molecule has 2 rings (SSSR count). The number of nitrogens with zero attached hydrogens (tertiary/aromatic N) is 1. The van der Waals surface area contributed by atoms with Crippen LogP contribution in [0.1, 0.15) is 31.0 Å². The van der Waals surface area contributed by atoms with Gasteiger partial charge in [-0.3, -0.25) is 4.79 Å². The number of aliphatic hydroxyl groups is 1. The summed E-state index contributed by atoms with van der Waals surface area (Å²) in [5, 5.41) is 22.2. The molecule has 0 aliphatic carbocycles. The number of rotatable bonds is 3. The van der Waals surface area contributed by atoms with Gasteiger partial charge in [0.25, 0.3) is 0 Å². The third-order valence-corrected chi connectivity index (χ3v) is 3.47. The van der Waals surface area contributed by atoms with Gasteiger partial charge in [-0.2, -0.15) is 5.26 Å². The normalized spacial score (nSPS) is 22.6. The monoisotopic (exact) mass is 290 g/mol. The van der Waals surface area contributed by atoms with E-state index in [0.29, 0.717) is 16.9 Å². The van der Waals surface area contributed by atoms with Crippen LogP contribution in [0.15, 0.2) is 18.2 Å². The summed E-state index contributed by atoms with van der Waals surface area (Å²) in [7, 11) is 1.42. The Morgan fingerprint density at radius 3 is 2.90 bits per heavy atom. The number of amides is 1. The predicted molar refractivity (Wildman–Crippen MR) is 74.6 cm³/mol. The van der Waals surface area contributed by atoms with Crippen LogP contribution < -0.4 is 10.1 Å². The number of carbonyl (C=O) groups is 1. The molecule has 0 saturated heterocycles. The minimum Gasteiger partial charge on any atom is -0.485 e. The topological polar surface area (TPSA) is 91.6 Å². The van der Waals surface area contributed by atoms with Crippen molar-refractivity contribution in [2.24, 2.45) is 0 Å². The number of hydrogen-bond donors (Lipinski definition) is 2. The maximum atomic E-state index is 11.8. The number of nitriles is 1. The zero-order chi connectivity index (χ0) is 15.6. The predicted octanol–water partition coefficient (Wildman–Crippen LogP) is 0.894. The Bertz CT molecular complexity index is 592. The quantitative estimate of drug-likeness (QED) is 0.862. The Labute approximate surface area is 123 Å². The second kappa shape index (κ2) is 5.72. The lowest BCUT2D eigenvalue weighted by Crippen LogP contribution is -2.53. The molecule has 0 spiro atoms. The number of nitrogens with one attached hydrogen (secondary N) is 1. The molecule has 0 radical (unpaired) electrons. The number of fused-ring (bicyclic) bond motifs is 1. The number of benzene rings is 1. The molecule has 2 N–H and O–H groups in total. The molecule has 0 fully saturated rings.